The molecule has 0 aromatic carbocycles. The molecule has 2 rings (SSSR count). The maximum Gasteiger partial charge on any atom is 0.140 e. The minimum Gasteiger partial charge on any atom is -0.308 e. The lowest BCUT2D eigenvalue weighted by molar-refractivity contribution is 0.224. The van der Waals surface area contributed by atoms with Gasteiger partial charge in [-0.3, -0.25) is 4.90 Å². The van der Waals surface area contributed by atoms with Crippen molar-refractivity contribution in [2.75, 3.05) is 12.5 Å². The molecule has 1 aliphatic rings. The number of nitrogen functional groups attached to an aromatic ring is 1. The van der Waals surface area contributed by atoms with E-state index >= 15 is 0 Å². The van der Waals surface area contributed by atoms with Crippen LogP contribution < -0.4 is 11.3 Å². The van der Waals surface area contributed by atoms with Gasteiger partial charge in [-0.05, 0) is 44.9 Å². The molecule has 0 saturated heterocycles. The summed E-state index contributed by atoms with van der Waals surface area (Å²) in [5.41, 5.74) is 3.42. The number of nitrogens with zero attached hydrogens (tertiary/aromatic N) is 2. The average Bonchev–Trinajstić information content (AvgIpc) is 3.15. The van der Waals surface area contributed by atoms with Gasteiger partial charge in [0.25, 0.3) is 0 Å². The van der Waals surface area contributed by atoms with Gasteiger partial charge in [0.05, 0.1) is 10.7 Å². The second kappa shape index (κ2) is 5.21. The summed E-state index contributed by atoms with van der Waals surface area (Å²) < 4.78 is 0. The van der Waals surface area contributed by atoms with Crippen molar-refractivity contribution in [1.29, 1.82) is 0 Å². The summed E-state index contributed by atoms with van der Waals surface area (Å²) in [6, 6.07) is 4.19. The van der Waals surface area contributed by atoms with Crippen LogP contribution in [0.25, 0.3) is 0 Å². The fourth-order valence-electron chi connectivity index (χ4n) is 1.99. The van der Waals surface area contributed by atoms with E-state index in [1.807, 2.05) is 6.07 Å². The van der Waals surface area contributed by atoms with Gasteiger partial charge in [0, 0.05) is 12.6 Å². The standard InChI is InChI=1S/C12H19ClN4/c1-8(9-3-4-9)17(2)7-11-10(13)5-6-12(15-11)16-14/h5-6,8-9H,3-4,7,14H2,1-2H3,(H,15,16). The van der Waals surface area contributed by atoms with Crippen LogP contribution in [0, 0.1) is 5.92 Å². The Morgan fingerprint density at radius 3 is 2.88 bits per heavy atom. The van der Waals surface area contributed by atoms with Gasteiger partial charge in [-0.25, -0.2) is 10.8 Å². The lowest BCUT2D eigenvalue weighted by Crippen LogP contribution is -2.30. The van der Waals surface area contributed by atoms with Gasteiger partial charge < -0.3 is 5.43 Å². The van der Waals surface area contributed by atoms with E-state index in [-0.39, 0.29) is 0 Å². The Morgan fingerprint density at radius 1 is 1.59 bits per heavy atom. The van der Waals surface area contributed by atoms with Crippen molar-refractivity contribution in [3.8, 4) is 0 Å². The van der Waals surface area contributed by atoms with Gasteiger partial charge in [0.2, 0.25) is 0 Å². The molecule has 1 saturated carbocycles. The zero-order valence-corrected chi connectivity index (χ0v) is 11.0. The van der Waals surface area contributed by atoms with Crippen LogP contribution in [0.5, 0.6) is 0 Å². The molecule has 1 unspecified atom stereocenters. The van der Waals surface area contributed by atoms with E-state index in [0.717, 1.165) is 18.2 Å². The Labute approximate surface area is 107 Å². The number of anilines is 1. The van der Waals surface area contributed by atoms with Crippen LogP contribution in [0.15, 0.2) is 12.1 Å². The van der Waals surface area contributed by atoms with Gasteiger partial charge in [-0.1, -0.05) is 11.6 Å². The molecule has 1 aliphatic carbocycles. The average molecular weight is 255 g/mol. The predicted molar refractivity (Wildman–Crippen MR) is 70.7 cm³/mol. The molecule has 0 radical (unpaired) electrons. The van der Waals surface area contributed by atoms with Crippen LogP contribution in [0.3, 0.4) is 0 Å². The van der Waals surface area contributed by atoms with E-state index in [2.05, 4.69) is 29.3 Å². The summed E-state index contributed by atoms with van der Waals surface area (Å²) in [6.45, 7) is 3.02. The Bertz CT molecular complexity index is 392. The van der Waals surface area contributed by atoms with Crippen molar-refractivity contribution in [1.82, 2.24) is 9.88 Å². The van der Waals surface area contributed by atoms with Gasteiger partial charge in [0.1, 0.15) is 5.82 Å². The number of hydrogen-bond acceptors (Lipinski definition) is 4. The molecule has 0 aliphatic heterocycles. The molecule has 1 atom stereocenters. The first-order valence-corrected chi connectivity index (χ1v) is 6.32. The SMILES string of the molecule is CC(C1CC1)N(C)Cc1nc(NN)ccc1Cl. The highest BCUT2D eigenvalue weighted by Gasteiger charge is 2.30. The van der Waals surface area contributed by atoms with Crippen LogP contribution in [-0.2, 0) is 6.54 Å². The first-order chi connectivity index (χ1) is 8.11. The Kier molecular flexibility index (Phi) is 3.86. The monoisotopic (exact) mass is 254 g/mol. The molecule has 5 heteroatoms. The van der Waals surface area contributed by atoms with E-state index < -0.39 is 0 Å². The number of rotatable bonds is 5. The van der Waals surface area contributed by atoms with Crippen molar-refractivity contribution in [3.63, 3.8) is 0 Å². The predicted octanol–water partition coefficient (Wildman–Crippen LogP) is 2.25. The number of halogens is 1. The first-order valence-electron chi connectivity index (χ1n) is 5.94. The Hall–Kier alpha value is -0.840. The highest BCUT2D eigenvalue weighted by atomic mass is 35.5. The number of nitrogens with two attached hydrogens (primary N) is 1. The van der Waals surface area contributed by atoms with E-state index in [4.69, 9.17) is 17.4 Å². The third kappa shape index (κ3) is 3.09. The summed E-state index contributed by atoms with van der Waals surface area (Å²) in [6.07, 6.45) is 2.69. The van der Waals surface area contributed by atoms with Gasteiger partial charge in [0.15, 0.2) is 0 Å². The second-order valence-electron chi connectivity index (χ2n) is 4.76. The Balaban J connectivity index is 2.05. The van der Waals surface area contributed by atoms with Crippen molar-refractivity contribution < 1.29 is 0 Å². The molecular weight excluding hydrogens is 236 g/mol. The first kappa shape index (κ1) is 12.6. The van der Waals surface area contributed by atoms with Crippen molar-refractivity contribution in [2.45, 2.75) is 32.4 Å². The van der Waals surface area contributed by atoms with E-state index in [9.17, 15) is 0 Å². The second-order valence-corrected chi connectivity index (χ2v) is 5.17. The van der Waals surface area contributed by atoms with Crippen molar-refractivity contribution >= 4 is 17.4 Å². The van der Waals surface area contributed by atoms with Crippen molar-refractivity contribution in [2.24, 2.45) is 11.8 Å². The van der Waals surface area contributed by atoms with Crippen LogP contribution in [0.4, 0.5) is 5.82 Å². The molecule has 17 heavy (non-hydrogen) atoms. The summed E-state index contributed by atoms with van der Waals surface area (Å²) in [7, 11) is 2.11. The number of hydrazine groups is 1. The zero-order valence-electron chi connectivity index (χ0n) is 10.3. The molecule has 1 aromatic rings. The molecule has 0 bridgehead atoms. The molecule has 1 fully saturated rings. The van der Waals surface area contributed by atoms with E-state index in [1.54, 1.807) is 6.07 Å². The topological polar surface area (TPSA) is 54.2 Å². The maximum atomic E-state index is 6.14. The van der Waals surface area contributed by atoms with Gasteiger partial charge >= 0.3 is 0 Å². The van der Waals surface area contributed by atoms with Crippen LogP contribution in [-0.4, -0.2) is 23.0 Å². The maximum absolute atomic E-state index is 6.14. The highest BCUT2D eigenvalue weighted by Crippen LogP contribution is 2.35. The summed E-state index contributed by atoms with van der Waals surface area (Å²) in [5, 5.41) is 0.693. The molecule has 94 valence electrons. The molecule has 0 amide bonds. The highest BCUT2D eigenvalue weighted by molar-refractivity contribution is 6.31. The normalized spacial score (nSPS) is 17.2. The Morgan fingerprint density at radius 2 is 2.29 bits per heavy atom. The van der Waals surface area contributed by atoms with E-state index in [0.29, 0.717) is 16.9 Å². The number of pyridine rings is 1. The fourth-order valence-corrected chi connectivity index (χ4v) is 2.16. The van der Waals surface area contributed by atoms with Gasteiger partial charge in [-0.15, -0.1) is 0 Å². The lowest BCUT2D eigenvalue weighted by atomic mass is 10.2. The quantitative estimate of drug-likeness (QED) is 0.625. The van der Waals surface area contributed by atoms with Crippen LogP contribution in [0.1, 0.15) is 25.5 Å². The van der Waals surface area contributed by atoms with E-state index in [1.165, 1.54) is 12.8 Å². The smallest absolute Gasteiger partial charge is 0.140 e. The number of nitrogens with one attached hydrogen (secondary N) is 1. The molecule has 4 nitrogen and oxygen atoms in total. The van der Waals surface area contributed by atoms with Crippen LogP contribution >= 0.6 is 11.6 Å². The minimum absolute atomic E-state index is 0.586. The molecule has 3 N–H and O–H groups in total. The largest absolute Gasteiger partial charge is 0.308 e. The molecular formula is C12H19ClN4. The summed E-state index contributed by atoms with van der Waals surface area (Å²) >= 11 is 6.14. The summed E-state index contributed by atoms with van der Waals surface area (Å²) in [5.74, 6) is 6.84. The van der Waals surface area contributed by atoms with Gasteiger partial charge in [-0.2, -0.15) is 0 Å². The molecule has 1 aromatic heterocycles. The third-order valence-corrected chi connectivity index (χ3v) is 3.81. The zero-order chi connectivity index (χ0) is 12.4. The fraction of sp³-hybridized carbons (Fsp3) is 0.583. The number of hydrogen-bond donors (Lipinski definition) is 2. The third-order valence-electron chi connectivity index (χ3n) is 3.47. The lowest BCUT2D eigenvalue weighted by Gasteiger charge is -2.24. The summed E-state index contributed by atoms with van der Waals surface area (Å²) in [4.78, 5) is 6.68. The van der Waals surface area contributed by atoms with Crippen LogP contribution in [0.2, 0.25) is 5.02 Å². The number of aromatic nitrogens is 1. The van der Waals surface area contributed by atoms with Crippen molar-refractivity contribution in [3.05, 3.63) is 22.8 Å². The molecule has 0 spiro atoms. The molecule has 1 heterocycles. The minimum atomic E-state index is 0.586.